The first-order chi connectivity index (χ1) is 23.6. The van der Waals surface area contributed by atoms with Gasteiger partial charge in [-0.1, -0.05) is 54.6 Å². The zero-order chi connectivity index (χ0) is 35.0. The van der Waals surface area contributed by atoms with Crippen LogP contribution < -0.4 is 77.0 Å². The van der Waals surface area contributed by atoms with Crippen LogP contribution in [0.3, 0.4) is 0 Å². The summed E-state index contributed by atoms with van der Waals surface area (Å²) in [5, 5.41) is 13.4. The Hall–Kier alpha value is -3.89. The largest absolute Gasteiger partial charge is 1.00 e. The summed E-state index contributed by atoms with van der Waals surface area (Å²) in [4.78, 5) is 52.0. The van der Waals surface area contributed by atoms with E-state index in [1.54, 1.807) is 14.2 Å². The number of aromatic nitrogens is 2. The molecule has 1 fully saturated rings. The van der Waals surface area contributed by atoms with Gasteiger partial charge in [0.05, 0.1) is 26.7 Å². The standard InChI is InChI=1S/C36H37N3O10.K/c1-23(40)37-31-19-20-39(35(44)38-31)32-21-29(30(48-32)22-47-34(43)18-17-33(41)42)49-36(24-7-5-4-6-8-24,25-9-13-27(45-2)14-10-25)26-11-15-28(46-3)16-12-26;/h4-16,19-20,29-30,32H,17-18,21-22H2,1-3H3,(H,41,42)(H,37,38,40,44);/q;+1/p-1/t29-,30+,32+;/m0./s1. The van der Waals surface area contributed by atoms with Gasteiger partial charge in [0.1, 0.15) is 41.9 Å². The summed E-state index contributed by atoms with van der Waals surface area (Å²) in [6.45, 7) is 1.01. The molecule has 0 radical (unpaired) electrons. The van der Waals surface area contributed by atoms with Crippen molar-refractivity contribution < 1.29 is 94.6 Å². The Bertz CT molecular complexity index is 1770. The fourth-order valence-corrected chi connectivity index (χ4v) is 5.73. The Morgan fingerprint density at radius 1 is 0.900 bits per heavy atom. The molecule has 0 unspecified atom stereocenters. The number of anilines is 1. The van der Waals surface area contributed by atoms with E-state index in [-0.39, 0.29) is 82.6 Å². The number of carboxylic acid groups (broad SMARTS) is 1. The van der Waals surface area contributed by atoms with Crippen LogP contribution >= 0.6 is 0 Å². The van der Waals surface area contributed by atoms with E-state index in [1.165, 1.54) is 23.8 Å². The number of esters is 1. The first kappa shape index (κ1) is 38.9. The Kier molecular flexibility index (Phi) is 13.9. The Labute approximate surface area is 331 Å². The van der Waals surface area contributed by atoms with Gasteiger partial charge in [-0.3, -0.25) is 14.2 Å². The van der Waals surface area contributed by atoms with E-state index in [0.717, 1.165) is 16.7 Å². The fourth-order valence-electron chi connectivity index (χ4n) is 5.73. The van der Waals surface area contributed by atoms with Crippen molar-refractivity contribution in [2.75, 3.05) is 26.1 Å². The first-order valence-corrected chi connectivity index (χ1v) is 15.5. The molecule has 50 heavy (non-hydrogen) atoms. The molecule has 256 valence electrons. The number of carbonyl (C=O) groups excluding carboxylic acids is 3. The van der Waals surface area contributed by atoms with Crippen molar-refractivity contribution in [2.24, 2.45) is 0 Å². The molecule has 13 nitrogen and oxygen atoms in total. The van der Waals surface area contributed by atoms with Crippen molar-refractivity contribution in [3.05, 3.63) is 118 Å². The summed E-state index contributed by atoms with van der Waals surface area (Å²) in [6.07, 6.45) is -1.91. The first-order valence-electron chi connectivity index (χ1n) is 15.5. The fraction of sp³-hybridized carbons (Fsp3) is 0.306. The molecule has 5 rings (SSSR count). The minimum absolute atomic E-state index is 0. The number of ether oxygens (including phenoxy) is 5. The average molecular weight is 710 g/mol. The van der Waals surface area contributed by atoms with Gasteiger partial charge in [0.25, 0.3) is 0 Å². The monoisotopic (exact) mass is 709 g/mol. The molecule has 1 N–H and O–H groups in total. The SMILES string of the molecule is COc1ccc(C(O[C@H]2C[C@H](n3ccc(NC(C)=O)nc3=O)O[C@@H]2COC(=O)CCC(=O)[O-])(c2ccccc2)c2ccc(OC)cc2)cc1.[K+]. The zero-order valence-corrected chi connectivity index (χ0v) is 31.3. The number of aliphatic carboxylic acids is 1. The molecular formula is C36H36KN3O10. The predicted octanol–water partition coefficient (Wildman–Crippen LogP) is -0.0390. The van der Waals surface area contributed by atoms with Gasteiger partial charge in [0.2, 0.25) is 5.91 Å². The molecule has 3 atom stereocenters. The number of benzene rings is 3. The van der Waals surface area contributed by atoms with E-state index in [0.29, 0.717) is 11.5 Å². The van der Waals surface area contributed by atoms with Crippen molar-refractivity contribution in [1.82, 2.24) is 9.55 Å². The number of carboxylic acids is 1. The minimum Gasteiger partial charge on any atom is -0.550 e. The maximum atomic E-state index is 13.1. The molecule has 1 aromatic heterocycles. The third-order valence-electron chi connectivity index (χ3n) is 8.07. The van der Waals surface area contributed by atoms with Gasteiger partial charge in [-0.2, -0.15) is 4.98 Å². The van der Waals surface area contributed by atoms with E-state index in [2.05, 4.69) is 10.3 Å². The van der Waals surface area contributed by atoms with Crippen LogP contribution in [-0.2, 0) is 34.2 Å². The molecule has 14 heteroatoms. The van der Waals surface area contributed by atoms with Gasteiger partial charge < -0.3 is 38.9 Å². The summed E-state index contributed by atoms with van der Waals surface area (Å²) in [6, 6.07) is 25.9. The van der Waals surface area contributed by atoms with E-state index >= 15 is 0 Å². The second-order valence-electron chi connectivity index (χ2n) is 11.3. The Morgan fingerprint density at radius 3 is 2.00 bits per heavy atom. The van der Waals surface area contributed by atoms with E-state index in [4.69, 9.17) is 23.7 Å². The molecule has 1 saturated heterocycles. The molecule has 4 aromatic rings. The van der Waals surface area contributed by atoms with Crippen LogP contribution in [0.2, 0.25) is 0 Å². The van der Waals surface area contributed by atoms with Gasteiger partial charge in [-0.25, -0.2) is 4.79 Å². The zero-order valence-electron chi connectivity index (χ0n) is 28.2. The van der Waals surface area contributed by atoms with Crippen LogP contribution in [0.25, 0.3) is 0 Å². The van der Waals surface area contributed by atoms with Crippen molar-refractivity contribution in [3.8, 4) is 11.5 Å². The molecule has 3 aromatic carbocycles. The average Bonchev–Trinajstić information content (AvgIpc) is 3.50. The molecule has 1 amide bonds. The Morgan fingerprint density at radius 2 is 1.48 bits per heavy atom. The van der Waals surface area contributed by atoms with Crippen LogP contribution in [0.4, 0.5) is 5.82 Å². The molecule has 0 spiro atoms. The number of hydrogen-bond acceptors (Lipinski definition) is 11. The summed E-state index contributed by atoms with van der Waals surface area (Å²) in [5.41, 5.74) is 0.323. The van der Waals surface area contributed by atoms with Crippen molar-refractivity contribution in [2.45, 2.75) is 50.2 Å². The maximum absolute atomic E-state index is 13.1. The minimum atomic E-state index is -1.38. The maximum Gasteiger partial charge on any atom is 1.00 e. The van der Waals surface area contributed by atoms with Crippen LogP contribution in [0.5, 0.6) is 11.5 Å². The molecular weight excluding hydrogens is 674 g/mol. The van der Waals surface area contributed by atoms with Crippen LogP contribution in [0.1, 0.15) is 49.1 Å². The number of methoxy groups -OCH3 is 2. The summed E-state index contributed by atoms with van der Waals surface area (Å²) in [7, 11) is 3.15. The number of carbonyl (C=O) groups is 3. The summed E-state index contributed by atoms with van der Waals surface area (Å²) in [5.74, 6) is -1.16. The third kappa shape index (κ3) is 9.25. The molecule has 1 aliphatic heterocycles. The second kappa shape index (κ2) is 17.9. The smallest absolute Gasteiger partial charge is 0.550 e. The van der Waals surface area contributed by atoms with Gasteiger partial charge in [0.15, 0.2) is 0 Å². The summed E-state index contributed by atoms with van der Waals surface area (Å²) >= 11 is 0. The number of nitrogens with zero attached hydrogens (tertiary/aromatic N) is 2. The predicted molar refractivity (Wildman–Crippen MR) is 174 cm³/mol. The van der Waals surface area contributed by atoms with Gasteiger partial charge in [-0.15, -0.1) is 0 Å². The van der Waals surface area contributed by atoms with Gasteiger partial charge in [0, 0.05) is 25.5 Å². The third-order valence-corrected chi connectivity index (χ3v) is 8.07. The van der Waals surface area contributed by atoms with E-state index in [9.17, 15) is 24.3 Å². The number of amides is 1. The topological polar surface area (TPSA) is 167 Å². The van der Waals surface area contributed by atoms with Gasteiger partial charge in [-0.05, 0) is 53.4 Å². The van der Waals surface area contributed by atoms with Crippen molar-refractivity contribution in [1.29, 1.82) is 0 Å². The van der Waals surface area contributed by atoms with Crippen molar-refractivity contribution in [3.63, 3.8) is 0 Å². The van der Waals surface area contributed by atoms with Crippen LogP contribution in [0.15, 0.2) is 95.9 Å². The number of nitrogens with one attached hydrogen (secondary N) is 1. The Balaban J connectivity index is 0.00000562. The number of rotatable bonds is 14. The second-order valence-corrected chi connectivity index (χ2v) is 11.3. The molecule has 2 heterocycles. The van der Waals surface area contributed by atoms with Crippen LogP contribution in [-0.4, -0.2) is 60.4 Å². The van der Waals surface area contributed by atoms with E-state index < -0.39 is 48.1 Å². The molecule has 0 aliphatic carbocycles. The number of hydrogen-bond donors (Lipinski definition) is 1. The molecule has 0 saturated carbocycles. The van der Waals surface area contributed by atoms with Crippen molar-refractivity contribution >= 4 is 23.7 Å². The quantitative estimate of drug-likeness (QED) is 0.106. The molecule has 0 bridgehead atoms. The summed E-state index contributed by atoms with van der Waals surface area (Å²) < 4.78 is 31.2. The van der Waals surface area contributed by atoms with E-state index in [1.807, 2.05) is 78.9 Å². The molecule has 1 aliphatic rings. The normalized spacial score (nSPS) is 16.9. The van der Waals surface area contributed by atoms with Gasteiger partial charge >= 0.3 is 63.0 Å². The van der Waals surface area contributed by atoms with Crippen LogP contribution in [0, 0.1) is 0 Å².